The van der Waals surface area contributed by atoms with Gasteiger partial charge in [-0.15, -0.1) is 0 Å². The summed E-state index contributed by atoms with van der Waals surface area (Å²) in [4.78, 5) is 17.1. The van der Waals surface area contributed by atoms with Crippen LogP contribution in [0.2, 0.25) is 5.02 Å². The third-order valence-electron chi connectivity index (χ3n) is 6.88. The van der Waals surface area contributed by atoms with Crippen molar-refractivity contribution in [3.05, 3.63) is 47.0 Å². The Labute approximate surface area is 187 Å². The summed E-state index contributed by atoms with van der Waals surface area (Å²) >= 11 is 4.88. The lowest BCUT2D eigenvalue weighted by atomic mass is 9.50. The van der Waals surface area contributed by atoms with Crippen molar-refractivity contribution >= 4 is 39.8 Å². The van der Waals surface area contributed by atoms with Gasteiger partial charge in [0.15, 0.2) is 17.2 Å². The Morgan fingerprint density at radius 2 is 2.00 bits per heavy atom. The number of nitrogens with one attached hydrogen (secondary N) is 1. The zero-order chi connectivity index (χ0) is 21.2. The maximum absolute atomic E-state index is 12.5. The van der Waals surface area contributed by atoms with Gasteiger partial charge in [-0.05, 0) is 68.2 Å². The number of hydrogen-bond acceptors (Lipinski definition) is 5. The molecule has 1 amide bonds. The molecular weight excluding hydrogens is 436 g/mol. The minimum absolute atomic E-state index is 0.154. The first-order chi connectivity index (χ1) is 15.0. The van der Waals surface area contributed by atoms with Crippen molar-refractivity contribution in [3.8, 4) is 0 Å². The van der Waals surface area contributed by atoms with E-state index in [2.05, 4.69) is 10.3 Å². The van der Waals surface area contributed by atoms with Crippen LogP contribution in [0.25, 0.3) is 11.1 Å². The number of fused-ring (bicyclic) bond motifs is 1. The second kappa shape index (κ2) is 7.29. The molecule has 1 N–H and O–H groups in total. The zero-order valence-corrected chi connectivity index (χ0v) is 18.5. The van der Waals surface area contributed by atoms with E-state index in [1.54, 1.807) is 12.1 Å². The van der Waals surface area contributed by atoms with Crippen LogP contribution in [0.3, 0.4) is 0 Å². The van der Waals surface area contributed by atoms with Gasteiger partial charge in [0.1, 0.15) is 11.3 Å². The molecule has 0 bridgehead atoms. The number of aromatic nitrogens is 1. The van der Waals surface area contributed by atoms with E-state index in [1.807, 2.05) is 18.2 Å². The maximum Gasteiger partial charge on any atom is 0.311 e. The van der Waals surface area contributed by atoms with E-state index >= 15 is 0 Å². The predicted octanol–water partition coefficient (Wildman–Crippen LogP) is 5.05. The van der Waals surface area contributed by atoms with Crippen LogP contribution in [0, 0.1) is 11.3 Å². The van der Waals surface area contributed by atoms with Crippen LogP contribution in [0.15, 0.2) is 44.3 Å². The van der Waals surface area contributed by atoms with E-state index in [4.69, 9.17) is 20.4 Å². The summed E-state index contributed by atoms with van der Waals surface area (Å²) in [6, 6.07) is 8.95. The number of nitrogens with zero attached hydrogens (tertiary/aromatic N) is 1. The molecule has 2 aromatic heterocycles. The second-order valence-corrected chi connectivity index (χ2v) is 11.3. The molecule has 0 saturated heterocycles. The standard InChI is InChI=1S/C23H23ClN2O4S/c24-15-3-4-18-17(7-15)26-22(30-18)14-8-23(9-14)10-16(11-23)25-21(27)19-5-6-20(29-19)31(28)12-13-1-2-13/h3-7,13-14,16H,1-2,8-12H2,(H,25,27)/t14-,16-,23?,31-/m0/s1. The number of amides is 1. The van der Waals surface area contributed by atoms with Gasteiger partial charge in [-0.1, -0.05) is 11.6 Å². The topological polar surface area (TPSA) is 91.3 Å². The van der Waals surface area contributed by atoms with Crippen LogP contribution in [-0.4, -0.2) is 27.2 Å². The number of benzene rings is 1. The molecule has 31 heavy (non-hydrogen) atoms. The van der Waals surface area contributed by atoms with Crippen LogP contribution >= 0.6 is 11.6 Å². The van der Waals surface area contributed by atoms with E-state index in [1.165, 1.54) is 0 Å². The first kappa shape index (κ1) is 19.7. The molecule has 3 saturated carbocycles. The molecule has 6 rings (SSSR count). The smallest absolute Gasteiger partial charge is 0.311 e. The van der Waals surface area contributed by atoms with Crippen molar-refractivity contribution in [1.82, 2.24) is 10.3 Å². The van der Waals surface area contributed by atoms with Crippen LogP contribution < -0.4 is 5.32 Å². The highest BCUT2D eigenvalue weighted by molar-refractivity contribution is 7.91. The Balaban J connectivity index is 1.01. The van der Waals surface area contributed by atoms with Gasteiger partial charge in [0, 0.05) is 40.1 Å². The molecule has 1 atom stereocenters. The minimum atomic E-state index is -1.15. The summed E-state index contributed by atoms with van der Waals surface area (Å²) < 4.78 is 23.7. The highest BCUT2D eigenvalue weighted by atomic mass is 35.5. The van der Waals surface area contributed by atoms with Crippen molar-refractivity contribution in [2.24, 2.45) is 11.3 Å². The normalized spacial score (nSPS) is 28.3. The van der Waals surface area contributed by atoms with Gasteiger partial charge >= 0.3 is 5.09 Å². The van der Waals surface area contributed by atoms with Gasteiger partial charge in [-0.25, -0.2) is 4.98 Å². The predicted molar refractivity (Wildman–Crippen MR) is 117 cm³/mol. The van der Waals surface area contributed by atoms with E-state index in [0.29, 0.717) is 27.7 Å². The van der Waals surface area contributed by atoms with Crippen LogP contribution in [-0.2, 0) is 11.2 Å². The van der Waals surface area contributed by atoms with Crippen molar-refractivity contribution in [2.75, 3.05) is 5.75 Å². The summed E-state index contributed by atoms with van der Waals surface area (Å²) in [5, 5.41) is 4.12. The number of hydrogen-bond donors (Lipinski definition) is 1. The number of oxazole rings is 1. The lowest BCUT2D eigenvalue weighted by molar-refractivity contribution is -0.0256. The summed E-state index contributed by atoms with van der Waals surface area (Å²) in [5.74, 6) is 2.33. The zero-order valence-electron chi connectivity index (χ0n) is 16.9. The van der Waals surface area contributed by atoms with Gasteiger partial charge < -0.3 is 18.7 Å². The summed E-state index contributed by atoms with van der Waals surface area (Å²) in [6.07, 6.45) is 6.27. The first-order valence-electron chi connectivity index (χ1n) is 10.8. The number of furan rings is 1. The summed E-state index contributed by atoms with van der Waals surface area (Å²) in [6.45, 7) is 0. The van der Waals surface area contributed by atoms with E-state index < -0.39 is 11.2 Å². The fraction of sp³-hybridized carbons (Fsp3) is 0.478. The Hall–Kier alpha value is -1.96. The van der Waals surface area contributed by atoms with Crippen molar-refractivity contribution in [3.63, 3.8) is 0 Å². The molecule has 0 unspecified atom stereocenters. The molecule has 3 aliphatic rings. The molecule has 3 aromatic rings. The number of carbonyl (C=O) groups excluding carboxylic acids is 1. The number of rotatable bonds is 6. The molecule has 2 heterocycles. The van der Waals surface area contributed by atoms with Crippen molar-refractivity contribution in [2.45, 2.75) is 55.6 Å². The average Bonchev–Trinajstić information content (AvgIpc) is 3.20. The fourth-order valence-electron chi connectivity index (χ4n) is 5.08. The molecule has 6 nitrogen and oxygen atoms in total. The van der Waals surface area contributed by atoms with E-state index in [0.717, 1.165) is 55.5 Å². The third-order valence-corrected chi connectivity index (χ3v) is 8.56. The first-order valence-corrected chi connectivity index (χ1v) is 12.5. The van der Waals surface area contributed by atoms with Crippen molar-refractivity contribution < 1.29 is 18.2 Å². The average molecular weight is 459 g/mol. The Kier molecular flexibility index (Phi) is 4.63. The van der Waals surface area contributed by atoms with Crippen LogP contribution in [0.1, 0.15) is 60.9 Å². The molecular formula is C23H23ClN2O4S. The van der Waals surface area contributed by atoms with Crippen LogP contribution in [0.5, 0.6) is 0 Å². The van der Waals surface area contributed by atoms with Crippen LogP contribution in [0.4, 0.5) is 0 Å². The van der Waals surface area contributed by atoms with Crippen molar-refractivity contribution in [1.29, 1.82) is 0 Å². The molecule has 0 aliphatic heterocycles. The largest absolute Gasteiger partial charge is 0.609 e. The monoisotopic (exact) mass is 458 g/mol. The van der Waals surface area contributed by atoms with Gasteiger partial charge in [-0.2, -0.15) is 0 Å². The van der Waals surface area contributed by atoms with E-state index in [-0.39, 0.29) is 23.1 Å². The molecule has 3 aliphatic carbocycles. The number of halogens is 1. The molecule has 162 valence electrons. The number of carbonyl (C=O) groups is 1. The molecule has 1 aromatic carbocycles. The highest BCUT2D eigenvalue weighted by Crippen LogP contribution is 2.61. The van der Waals surface area contributed by atoms with Gasteiger partial charge in [-0.3, -0.25) is 4.79 Å². The Morgan fingerprint density at radius 3 is 2.77 bits per heavy atom. The van der Waals surface area contributed by atoms with E-state index in [9.17, 15) is 9.35 Å². The molecule has 3 fully saturated rings. The Morgan fingerprint density at radius 1 is 1.19 bits per heavy atom. The lowest BCUT2D eigenvalue weighted by Crippen LogP contribution is -2.55. The summed E-state index contributed by atoms with van der Waals surface area (Å²) in [7, 11) is 0. The van der Waals surface area contributed by atoms with Gasteiger partial charge in [0.25, 0.3) is 5.91 Å². The molecule has 0 radical (unpaired) electrons. The lowest BCUT2D eigenvalue weighted by Gasteiger charge is -2.57. The SMILES string of the molecule is O=C(N[C@H]1CC2(C1)C[C@H](c1nc3cc(Cl)ccc3o1)C2)c1ccc([S@@+]([O-])CC2CC2)o1. The minimum Gasteiger partial charge on any atom is -0.609 e. The summed E-state index contributed by atoms with van der Waals surface area (Å²) in [5.41, 5.74) is 1.86. The maximum atomic E-state index is 12.5. The third kappa shape index (κ3) is 3.77. The quantitative estimate of drug-likeness (QED) is 0.522. The Bertz CT molecular complexity index is 1140. The van der Waals surface area contributed by atoms with Gasteiger partial charge in [0.05, 0.1) is 0 Å². The fourth-order valence-corrected chi connectivity index (χ4v) is 6.57. The molecule has 8 heteroatoms. The highest BCUT2D eigenvalue weighted by Gasteiger charge is 2.54. The molecule has 1 spiro atoms. The van der Waals surface area contributed by atoms with Gasteiger partial charge in [0.2, 0.25) is 0 Å². The second-order valence-electron chi connectivity index (χ2n) is 9.42.